The second kappa shape index (κ2) is 4.81. The molecule has 2 aromatic rings. The zero-order valence-corrected chi connectivity index (χ0v) is 11.0. The Morgan fingerprint density at radius 2 is 1.95 bits per heavy atom. The summed E-state index contributed by atoms with van der Waals surface area (Å²) in [4.78, 5) is 16.6. The van der Waals surface area contributed by atoms with E-state index in [-0.39, 0.29) is 17.1 Å². The van der Waals surface area contributed by atoms with Gasteiger partial charge in [-0.2, -0.15) is 0 Å². The number of benzene rings is 1. The standard InChI is InChI=1S/C16H13NO3/c1-10(17-9-11-5-4-8-20-11)14-15(18)12-6-2-3-7-13(12)16(14)19/h2-8,18H,9H2,1H3. The van der Waals surface area contributed by atoms with Crippen molar-refractivity contribution in [1.82, 2.24) is 0 Å². The molecule has 1 aromatic heterocycles. The second-order valence-electron chi connectivity index (χ2n) is 4.58. The largest absolute Gasteiger partial charge is 0.506 e. The molecule has 4 nitrogen and oxygen atoms in total. The van der Waals surface area contributed by atoms with Crippen LogP contribution >= 0.6 is 0 Å². The molecule has 0 spiro atoms. The van der Waals surface area contributed by atoms with Crippen molar-refractivity contribution < 1.29 is 14.3 Å². The van der Waals surface area contributed by atoms with Gasteiger partial charge in [-0.3, -0.25) is 9.79 Å². The number of aliphatic hydroxyl groups excluding tert-OH is 1. The average molecular weight is 267 g/mol. The number of ketones is 1. The molecule has 4 heteroatoms. The highest BCUT2D eigenvalue weighted by Crippen LogP contribution is 2.31. The van der Waals surface area contributed by atoms with Crippen molar-refractivity contribution in [3.8, 4) is 0 Å². The number of hydrogen-bond donors (Lipinski definition) is 1. The van der Waals surface area contributed by atoms with Crippen LogP contribution < -0.4 is 0 Å². The zero-order valence-electron chi connectivity index (χ0n) is 11.0. The van der Waals surface area contributed by atoms with E-state index in [0.29, 0.717) is 29.1 Å². The van der Waals surface area contributed by atoms with Crippen molar-refractivity contribution in [2.75, 3.05) is 0 Å². The van der Waals surface area contributed by atoms with Crippen LogP contribution in [0.25, 0.3) is 5.76 Å². The van der Waals surface area contributed by atoms with Gasteiger partial charge in [0.2, 0.25) is 0 Å². The first-order chi connectivity index (χ1) is 9.68. The van der Waals surface area contributed by atoms with Crippen molar-refractivity contribution in [3.05, 3.63) is 65.1 Å². The Hall–Kier alpha value is -2.62. The van der Waals surface area contributed by atoms with Crippen LogP contribution in [0, 0.1) is 0 Å². The lowest BCUT2D eigenvalue weighted by Gasteiger charge is -2.01. The van der Waals surface area contributed by atoms with Gasteiger partial charge in [-0.05, 0) is 19.1 Å². The van der Waals surface area contributed by atoms with Gasteiger partial charge in [-0.15, -0.1) is 0 Å². The van der Waals surface area contributed by atoms with Crippen LogP contribution in [0.3, 0.4) is 0 Å². The Kier molecular flexibility index (Phi) is 2.99. The van der Waals surface area contributed by atoms with Crippen molar-refractivity contribution in [3.63, 3.8) is 0 Å². The summed E-state index contributed by atoms with van der Waals surface area (Å²) in [5.74, 6) is 0.539. The SMILES string of the molecule is CC(=NCc1ccco1)C1=C(O)c2ccccc2C1=O. The highest BCUT2D eigenvalue weighted by molar-refractivity contribution is 6.35. The molecule has 1 aromatic carbocycles. The molecule has 0 unspecified atom stereocenters. The lowest BCUT2D eigenvalue weighted by atomic mass is 10.1. The molecule has 1 aliphatic carbocycles. The third kappa shape index (κ3) is 1.95. The van der Waals surface area contributed by atoms with Crippen molar-refractivity contribution in [1.29, 1.82) is 0 Å². The topological polar surface area (TPSA) is 62.8 Å². The predicted octanol–water partition coefficient (Wildman–Crippen LogP) is 3.41. The van der Waals surface area contributed by atoms with Gasteiger partial charge in [-0.25, -0.2) is 0 Å². The number of furan rings is 1. The van der Waals surface area contributed by atoms with Gasteiger partial charge >= 0.3 is 0 Å². The summed E-state index contributed by atoms with van der Waals surface area (Å²) in [6.07, 6.45) is 1.58. The van der Waals surface area contributed by atoms with Gasteiger partial charge in [0.15, 0.2) is 5.78 Å². The fourth-order valence-corrected chi connectivity index (χ4v) is 2.28. The third-order valence-electron chi connectivity index (χ3n) is 3.30. The van der Waals surface area contributed by atoms with Crippen LogP contribution in [-0.2, 0) is 6.54 Å². The summed E-state index contributed by atoms with van der Waals surface area (Å²) in [7, 11) is 0. The Balaban J connectivity index is 1.93. The van der Waals surface area contributed by atoms with Crippen LogP contribution in [0.1, 0.15) is 28.6 Å². The van der Waals surface area contributed by atoms with E-state index in [1.807, 2.05) is 6.07 Å². The molecule has 1 heterocycles. The van der Waals surface area contributed by atoms with Gasteiger partial charge in [-0.1, -0.05) is 24.3 Å². The number of fused-ring (bicyclic) bond motifs is 1. The summed E-state index contributed by atoms with van der Waals surface area (Å²) >= 11 is 0. The fourth-order valence-electron chi connectivity index (χ4n) is 2.28. The van der Waals surface area contributed by atoms with Gasteiger partial charge in [0.05, 0.1) is 18.4 Å². The fraction of sp³-hybridized carbons (Fsp3) is 0.125. The minimum atomic E-state index is -0.182. The monoisotopic (exact) mass is 267 g/mol. The first-order valence-electron chi connectivity index (χ1n) is 6.29. The number of rotatable bonds is 3. The van der Waals surface area contributed by atoms with Crippen LogP contribution in [0.4, 0.5) is 0 Å². The molecule has 1 N–H and O–H groups in total. The maximum Gasteiger partial charge on any atom is 0.199 e. The van der Waals surface area contributed by atoms with E-state index in [2.05, 4.69) is 4.99 Å². The van der Waals surface area contributed by atoms with Crippen molar-refractivity contribution >= 4 is 17.3 Å². The van der Waals surface area contributed by atoms with Crippen molar-refractivity contribution in [2.24, 2.45) is 4.99 Å². The Bertz CT molecular complexity index is 724. The predicted molar refractivity (Wildman–Crippen MR) is 75.8 cm³/mol. The lowest BCUT2D eigenvalue weighted by Crippen LogP contribution is -2.08. The Labute approximate surface area is 116 Å². The highest BCUT2D eigenvalue weighted by Gasteiger charge is 2.30. The number of nitrogens with zero attached hydrogens (tertiary/aromatic N) is 1. The van der Waals surface area contributed by atoms with Crippen molar-refractivity contribution in [2.45, 2.75) is 13.5 Å². The minimum absolute atomic E-state index is 0.00583. The summed E-state index contributed by atoms with van der Waals surface area (Å²) in [5.41, 5.74) is 1.88. The molecule has 0 amide bonds. The van der Waals surface area contributed by atoms with Gasteiger partial charge in [0, 0.05) is 16.8 Å². The second-order valence-corrected chi connectivity index (χ2v) is 4.58. The molecular formula is C16H13NO3. The number of aliphatic hydroxyl groups is 1. The van der Waals surface area contributed by atoms with Gasteiger partial charge < -0.3 is 9.52 Å². The Morgan fingerprint density at radius 3 is 2.60 bits per heavy atom. The highest BCUT2D eigenvalue weighted by atomic mass is 16.3. The molecular weight excluding hydrogens is 254 g/mol. The number of Topliss-reactive ketones (excluding diaryl/α,β-unsaturated/α-hetero) is 1. The van der Waals surface area contributed by atoms with Gasteiger partial charge in [0.1, 0.15) is 11.5 Å². The molecule has 0 bridgehead atoms. The molecule has 20 heavy (non-hydrogen) atoms. The quantitative estimate of drug-likeness (QED) is 0.867. The molecule has 1 aliphatic rings. The number of aliphatic imine (C=N–C) groups is 1. The molecule has 0 fully saturated rings. The first-order valence-corrected chi connectivity index (χ1v) is 6.29. The molecule has 0 radical (unpaired) electrons. The normalized spacial score (nSPS) is 14.8. The number of hydrogen-bond acceptors (Lipinski definition) is 4. The Morgan fingerprint density at radius 1 is 1.20 bits per heavy atom. The first kappa shape index (κ1) is 12.4. The summed E-state index contributed by atoms with van der Waals surface area (Å²) in [5, 5.41) is 10.2. The van der Waals surface area contributed by atoms with E-state index < -0.39 is 0 Å². The summed E-state index contributed by atoms with van der Waals surface area (Å²) in [6, 6.07) is 10.6. The minimum Gasteiger partial charge on any atom is -0.506 e. The van der Waals surface area contributed by atoms with Crippen LogP contribution in [0.2, 0.25) is 0 Å². The van der Waals surface area contributed by atoms with Gasteiger partial charge in [0.25, 0.3) is 0 Å². The third-order valence-corrected chi connectivity index (χ3v) is 3.30. The zero-order chi connectivity index (χ0) is 14.1. The molecule has 100 valence electrons. The summed E-state index contributed by atoms with van der Waals surface area (Å²) < 4.78 is 5.19. The number of carbonyl (C=O) groups is 1. The van der Waals surface area contributed by atoms with Crippen LogP contribution in [0.5, 0.6) is 0 Å². The van der Waals surface area contributed by atoms with E-state index in [4.69, 9.17) is 4.42 Å². The maximum atomic E-state index is 12.3. The molecule has 0 aliphatic heterocycles. The summed E-state index contributed by atoms with van der Waals surface area (Å²) in [6.45, 7) is 2.07. The molecule has 0 atom stereocenters. The average Bonchev–Trinajstić information content (AvgIpc) is 3.05. The molecule has 0 saturated carbocycles. The van der Waals surface area contributed by atoms with E-state index >= 15 is 0 Å². The molecule has 3 rings (SSSR count). The number of allylic oxidation sites excluding steroid dienone is 1. The number of carbonyl (C=O) groups excluding carboxylic acids is 1. The maximum absolute atomic E-state index is 12.3. The van der Waals surface area contributed by atoms with E-state index in [1.165, 1.54) is 0 Å². The van der Waals surface area contributed by atoms with E-state index in [9.17, 15) is 9.90 Å². The molecule has 0 saturated heterocycles. The lowest BCUT2D eigenvalue weighted by molar-refractivity contribution is 0.104. The smallest absolute Gasteiger partial charge is 0.199 e. The van der Waals surface area contributed by atoms with E-state index in [0.717, 1.165) is 0 Å². The van der Waals surface area contributed by atoms with Crippen LogP contribution in [-0.4, -0.2) is 16.6 Å². The van der Waals surface area contributed by atoms with Crippen LogP contribution in [0.15, 0.2) is 57.6 Å². The van der Waals surface area contributed by atoms with E-state index in [1.54, 1.807) is 43.5 Å².